The van der Waals surface area contributed by atoms with Crippen LogP contribution in [0.1, 0.15) is 28.0 Å². The minimum absolute atomic E-state index is 0.189. The molecular formula is C8H2BrClF2N2O. The van der Waals surface area contributed by atoms with Crippen LogP contribution in [-0.4, -0.2) is 10.2 Å². The summed E-state index contributed by atoms with van der Waals surface area (Å²) in [7, 11) is 0. The van der Waals surface area contributed by atoms with Gasteiger partial charge in [-0.25, -0.2) is 13.8 Å². The molecule has 0 aliphatic carbocycles. The molecule has 0 amide bonds. The number of nitriles is 1. The van der Waals surface area contributed by atoms with Gasteiger partial charge in [-0.1, -0.05) is 0 Å². The van der Waals surface area contributed by atoms with Crippen LogP contribution in [0.2, 0.25) is 0 Å². The standard InChI is InChI=1S/C8H2BrClF2N2O/c9-6-3(7(10)15)2-14-4(1-13)5(6)8(11)12/h2,8H. The third kappa shape index (κ3) is 2.30. The van der Waals surface area contributed by atoms with Gasteiger partial charge in [0.25, 0.3) is 11.7 Å². The van der Waals surface area contributed by atoms with Crippen LogP contribution in [0.25, 0.3) is 0 Å². The van der Waals surface area contributed by atoms with E-state index in [2.05, 4.69) is 20.9 Å². The Hall–Kier alpha value is -1.06. The molecule has 0 aliphatic rings. The lowest BCUT2D eigenvalue weighted by Crippen LogP contribution is -2.02. The predicted molar refractivity (Wildman–Crippen MR) is 51.8 cm³/mol. The van der Waals surface area contributed by atoms with E-state index in [4.69, 9.17) is 16.9 Å². The summed E-state index contributed by atoms with van der Waals surface area (Å²) in [4.78, 5) is 14.2. The quantitative estimate of drug-likeness (QED) is 0.788. The number of carbonyl (C=O) groups excluding carboxylic acids is 1. The van der Waals surface area contributed by atoms with Crippen molar-refractivity contribution in [3.05, 3.63) is 27.5 Å². The second-order valence-corrected chi connectivity index (χ2v) is 3.57. The fourth-order valence-electron chi connectivity index (χ4n) is 0.930. The fraction of sp³-hybridized carbons (Fsp3) is 0.125. The lowest BCUT2D eigenvalue weighted by molar-refractivity contribution is 0.107. The Morgan fingerprint density at radius 2 is 2.27 bits per heavy atom. The van der Waals surface area contributed by atoms with E-state index in [0.29, 0.717) is 0 Å². The van der Waals surface area contributed by atoms with Crippen molar-refractivity contribution in [1.29, 1.82) is 5.26 Å². The van der Waals surface area contributed by atoms with Gasteiger partial charge in [0, 0.05) is 10.7 Å². The number of alkyl halides is 2. The van der Waals surface area contributed by atoms with Crippen molar-refractivity contribution in [3.63, 3.8) is 0 Å². The third-order valence-electron chi connectivity index (χ3n) is 1.59. The maximum atomic E-state index is 12.5. The summed E-state index contributed by atoms with van der Waals surface area (Å²) in [6.07, 6.45) is -1.93. The van der Waals surface area contributed by atoms with E-state index >= 15 is 0 Å². The Kier molecular flexibility index (Phi) is 3.72. The van der Waals surface area contributed by atoms with Crippen molar-refractivity contribution in [1.82, 2.24) is 4.98 Å². The number of hydrogen-bond donors (Lipinski definition) is 0. The Bertz CT molecular complexity index is 459. The van der Waals surface area contributed by atoms with Crippen molar-refractivity contribution < 1.29 is 13.6 Å². The SMILES string of the molecule is N#Cc1ncc(C(=O)Cl)c(Br)c1C(F)F. The first kappa shape index (κ1) is 12.0. The molecule has 7 heteroatoms. The molecule has 0 bridgehead atoms. The Balaban J connectivity index is 3.51. The van der Waals surface area contributed by atoms with Gasteiger partial charge in [-0.2, -0.15) is 5.26 Å². The van der Waals surface area contributed by atoms with Gasteiger partial charge in [0.2, 0.25) is 0 Å². The summed E-state index contributed by atoms with van der Waals surface area (Å²) in [6.45, 7) is 0. The van der Waals surface area contributed by atoms with Crippen LogP contribution in [0.4, 0.5) is 8.78 Å². The van der Waals surface area contributed by atoms with E-state index in [0.717, 1.165) is 6.20 Å². The smallest absolute Gasteiger partial charge is 0.267 e. The van der Waals surface area contributed by atoms with Crippen molar-refractivity contribution in [3.8, 4) is 6.07 Å². The van der Waals surface area contributed by atoms with Crippen molar-refractivity contribution in [2.75, 3.05) is 0 Å². The Morgan fingerprint density at radius 1 is 1.67 bits per heavy atom. The molecule has 0 atom stereocenters. The van der Waals surface area contributed by atoms with E-state index in [1.807, 2.05) is 0 Å². The van der Waals surface area contributed by atoms with E-state index in [1.54, 1.807) is 0 Å². The monoisotopic (exact) mass is 294 g/mol. The molecule has 78 valence electrons. The van der Waals surface area contributed by atoms with Crippen LogP contribution >= 0.6 is 27.5 Å². The van der Waals surface area contributed by atoms with Gasteiger partial charge in [0.1, 0.15) is 6.07 Å². The molecule has 0 saturated carbocycles. The van der Waals surface area contributed by atoms with Crippen molar-refractivity contribution in [2.45, 2.75) is 6.43 Å². The maximum absolute atomic E-state index is 12.5. The highest BCUT2D eigenvalue weighted by atomic mass is 79.9. The molecule has 0 fully saturated rings. The van der Waals surface area contributed by atoms with Crippen molar-refractivity contribution >= 4 is 32.8 Å². The maximum Gasteiger partial charge on any atom is 0.267 e. The first-order chi connectivity index (χ1) is 6.99. The summed E-state index contributed by atoms with van der Waals surface area (Å²) >= 11 is 7.94. The number of nitrogens with zero attached hydrogens (tertiary/aromatic N) is 2. The Labute approximate surface area is 96.8 Å². The highest BCUT2D eigenvalue weighted by Gasteiger charge is 2.22. The average Bonchev–Trinajstić information content (AvgIpc) is 2.15. The second-order valence-electron chi connectivity index (χ2n) is 2.43. The molecule has 0 aromatic carbocycles. The van der Waals surface area contributed by atoms with E-state index in [1.165, 1.54) is 6.07 Å². The van der Waals surface area contributed by atoms with Crippen LogP contribution < -0.4 is 0 Å². The van der Waals surface area contributed by atoms with Gasteiger partial charge in [-0.15, -0.1) is 0 Å². The summed E-state index contributed by atoms with van der Waals surface area (Å²) in [6, 6.07) is 1.51. The second kappa shape index (κ2) is 4.64. The lowest BCUT2D eigenvalue weighted by atomic mass is 10.1. The van der Waals surface area contributed by atoms with Gasteiger partial charge in [0.15, 0.2) is 5.69 Å². The number of hydrogen-bond acceptors (Lipinski definition) is 3. The summed E-state index contributed by atoms with van der Waals surface area (Å²) in [5, 5.41) is 7.62. The van der Waals surface area contributed by atoms with E-state index in [-0.39, 0.29) is 10.0 Å². The number of aromatic nitrogens is 1. The minimum atomic E-state index is -2.91. The van der Waals surface area contributed by atoms with Crippen LogP contribution in [0.5, 0.6) is 0 Å². The zero-order chi connectivity index (χ0) is 11.6. The molecule has 0 spiro atoms. The molecule has 1 aromatic heterocycles. The van der Waals surface area contributed by atoms with Crippen LogP contribution in [0, 0.1) is 11.3 Å². The predicted octanol–water partition coefficient (Wildman–Crippen LogP) is 3.03. The van der Waals surface area contributed by atoms with Crippen LogP contribution in [0.15, 0.2) is 10.7 Å². The highest BCUT2D eigenvalue weighted by molar-refractivity contribution is 9.10. The summed E-state index contributed by atoms with van der Waals surface area (Å²) in [5.41, 5.74) is -1.24. The molecule has 15 heavy (non-hydrogen) atoms. The number of pyridine rings is 1. The summed E-state index contributed by atoms with van der Waals surface area (Å²) < 4.78 is 24.9. The molecule has 0 saturated heterocycles. The zero-order valence-corrected chi connectivity index (χ0v) is 9.31. The zero-order valence-electron chi connectivity index (χ0n) is 6.97. The third-order valence-corrected chi connectivity index (χ3v) is 2.64. The van der Waals surface area contributed by atoms with Gasteiger partial charge in [-0.3, -0.25) is 4.79 Å². The minimum Gasteiger partial charge on any atom is -0.276 e. The van der Waals surface area contributed by atoms with Crippen LogP contribution in [-0.2, 0) is 0 Å². The first-order valence-corrected chi connectivity index (χ1v) is 4.72. The largest absolute Gasteiger partial charge is 0.276 e. The van der Waals surface area contributed by atoms with E-state index < -0.39 is 22.9 Å². The fourth-order valence-corrected chi connectivity index (χ4v) is 1.83. The molecule has 1 heterocycles. The van der Waals surface area contributed by atoms with Gasteiger partial charge >= 0.3 is 0 Å². The number of halogens is 4. The molecule has 0 aliphatic heterocycles. The number of carbonyl (C=O) groups is 1. The molecular weight excluding hydrogens is 293 g/mol. The number of rotatable bonds is 2. The molecule has 3 nitrogen and oxygen atoms in total. The molecule has 1 rings (SSSR count). The lowest BCUT2D eigenvalue weighted by Gasteiger charge is -2.07. The van der Waals surface area contributed by atoms with Crippen LogP contribution in [0.3, 0.4) is 0 Å². The normalized spacial score (nSPS) is 10.1. The topological polar surface area (TPSA) is 53.8 Å². The van der Waals surface area contributed by atoms with Gasteiger partial charge in [-0.05, 0) is 27.5 Å². The summed E-state index contributed by atoms with van der Waals surface area (Å²) in [5.74, 6) is 0. The molecule has 1 aromatic rings. The molecule has 0 N–H and O–H groups in total. The molecule has 0 unspecified atom stereocenters. The Morgan fingerprint density at radius 3 is 2.67 bits per heavy atom. The van der Waals surface area contributed by atoms with Gasteiger partial charge < -0.3 is 0 Å². The van der Waals surface area contributed by atoms with Gasteiger partial charge in [0.05, 0.1) is 11.1 Å². The molecule has 0 radical (unpaired) electrons. The van der Waals surface area contributed by atoms with Crippen molar-refractivity contribution in [2.24, 2.45) is 0 Å². The highest BCUT2D eigenvalue weighted by Crippen LogP contribution is 2.32. The average molecular weight is 295 g/mol. The first-order valence-electron chi connectivity index (χ1n) is 3.55. The van der Waals surface area contributed by atoms with E-state index in [9.17, 15) is 13.6 Å².